The zero-order valence-electron chi connectivity index (χ0n) is 11.7. The second-order valence-corrected chi connectivity index (χ2v) is 8.10. The molecule has 0 aliphatic carbocycles. The van der Waals surface area contributed by atoms with E-state index in [1.165, 1.54) is 0 Å². The highest BCUT2D eigenvalue weighted by molar-refractivity contribution is 9.10. The van der Waals surface area contributed by atoms with Crippen LogP contribution in [0.15, 0.2) is 33.2 Å². The minimum absolute atomic E-state index is 0.0934. The lowest BCUT2D eigenvalue weighted by atomic mass is 10.2. The number of fused-ring (bicyclic) bond motifs is 1. The van der Waals surface area contributed by atoms with Gasteiger partial charge in [0.1, 0.15) is 5.58 Å². The van der Waals surface area contributed by atoms with Gasteiger partial charge in [-0.15, -0.1) is 0 Å². The Morgan fingerprint density at radius 2 is 2.18 bits per heavy atom. The zero-order valence-corrected chi connectivity index (χ0v) is 14.1. The van der Waals surface area contributed by atoms with Crippen molar-refractivity contribution >= 4 is 42.8 Å². The van der Waals surface area contributed by atoms with Gasteiger partial charge in [-0.05, 0) is 36.6 Å². The average molecular weight is 387 g/mol. The number of nitrogens with two attached hydrogens (primary N) is 1. The maximum absolute atomic E-state index is 12.5. The van der Waals surface area contributed by atoms with Crippen molar-refractivity contribution in [3.8, 4) is 0 Å². The molecule has 2 N–H and O–H groups in total. The first-order valence-electron chi connectivity index (χ1n) is 6.81. The van der Waals surface area contributed by atoms with Gasteiger partial charge in [0.15, 0.2) is 5.76 Å². The SMILES string of the molecule is NS(=O)(=O)CC1CCN(C(=O)c2cc3cc(Br)ccc3o2)C1. The predicted molar refractivity (Wildman–Crippen MR) is 85.9 cm³/mol. The van der Waals surface area contributed by atoms with Gasteiger partial charge in [0.05, 0.1) is 5.75 Å². The molecule has 1 aliphatic heterocycles. The van der Waals surface area contributed by atoms with E-state index < -0.39 is 10.0 Å². The fraction of sp³-hybridized carbons (Fsp3) is 0.357. The molecule has 0 bridgehead atoms. The molecule has 0 radical (unpaired) electrons. The Kier molecular flexibility index (Phi) is 4.00. The molecule has 1 aromatic heterocycles. The van der Waals surface area contributed by atoms with E-state index in [0.717, 1.165) is 9.86 Å². The Labute approximate surface area is 136 Å². The number of benzene rings is 1. The van der Waals surface area contributed by atoms with Crippen molar-refractivity contribution in [2.24, 2.45) is 11.1 Å². The first-order valence-corrected chi connectivity index (χ1v) is 9.31. The monoisotopic (exact) mass is 386 g/mol. The molecule has 0 saturated carbocycles. The van der Waals surface area contributed by atoms with E-state index in [9.17, 15) is 13.2 Å². The van der Waals surface area contributed by atoms with E-state index in [1.54, 1.807) is 17.0 Å². The highest BCUT2D eigenvalue weighted by atomic mass is 79.9. The highest BCUT2D eigenvalue weighted by Gasteiger charge is 2.30. The van der Waals surface area contributed by atoms with Gasteiger partial charge in [0, 0.05) is 22.9 Å². The number of furan rings is 1. The lowest BCUT2D eigenvalue weighted by Crippen LogP contribution is -2.30. The molecule has 2 aromatic rings. The van der Waals surface area contributed by atoms with Crippen LogP contribution in [0.5, 0.6) is 0 Å². The fourth-order valence-electron chi connectivity index (χ4n) is 2.76. The first kappa shape index (κ1) is 15.5. The fourth-order valence-corrected chi connectivity index (χ4v) is 4.07. The van der Waals surface area contributed by atoms with Gasteiger partial charge < -0.3 is 9.32 Å². The summed E-state index contributed by atoms with van der Waals surface area (Å²) in [6.07, 6.45) is 0.633. The molecule has 0 spiro atoms. The van der Waals surface area contributed by atoms with Crippen molar-refractivity contribution in [3.63, 3.8) is 0 Å². The second-order valence-electron chi connectivity index (χ2n) is 5.53. The number of hydrogen-bond acceptors (Lipinski definition) is 4. The Hall–Kier alpha value is -1.38. The van der Waals surface area contributed by atoms with Gasteiger partial charge in [0.25, 0.3) is 5.91 Å². The van der Waals surface area contributed by atoms with Crippen LogP contribution in [0.1, 0.15) is 17.0 Å². The predicted octanol–water partition coefficient (Wildman–Crippen LogP) is 1.95. The molecule has 1 saturated heterocycles. The Bertz CT molecular complexity index is 830. The Morgan fingerprint density at radius 3 is 2.91 bits per heavy atom. The Balaban J connectivity index is 1.76. The molecule has 1 aromatic carbocycles. The number of carbonyl (C=O) groups excluding carboxylic acids is 1. The van der Waals surface area contributed by atoms with Gasteiger partial charge in [-0.1, -0.05) is 15.9 Å². The van der Waals surface area contributed by atoms with Gasteiger partial charge in [-0.3, -0.25) is 4.79 Å². The maximum Gasteiger partial charge on any atom is 0.289 e. The smallest absolute Gasteiger partial charge is 0.289 e. The summed E-state index contributed by atoms with van der Waals surface area (Å²) in [5.41, 5.74) is 0.645. The van der Waals surface area contributed by atoms with E-state index in [4.69, 9.17) is 9.56 Å². The van der Waals surface area contributed by atoms with Crippen molar-refractivity contribution in [1.29, 1.82) is 0 Å². The van der Waals surface area contributed by atoms with E-state index in [1.807, 2.05) is 12.1 Å². The van der Waals surface area contributed by atoms with Gasteiger partial charge in [-0.2, -0.15) is 0 Å². The van der Waals surface area contributed by atoms with Crippen LogP contribution in [0.4, 0.5) is 0 Å². The third-order valence-corrected chi connectivity index (χ3v) is 5.16. The van der Waals surface area contributed by atoms with Crippen LogP contribution >= 0.6 is 15.9 Å². The molecule has 1 fully saturated rings. The van der Waals surface area contributed by atoms with Gasteiger partial charge >= 0.3 is 0 Å². The van der Waals surface area contributed by atoms with Crippen LogP contribution < -0.4 is 5.14 Å². The summed E-state index contributed by atoms with van der Waals surface area (Å²) in [5.74, 6) is -0.157. The minimum atomic E-state index is -3.51. The van der Waals surface area contributed by atoms with Crippen LogP contribution in [-0.4, -0.2) is 38.1 Å². The molecule has 6 nitrogen and oxygen atoms in total. The van der Waals surface area contributed by atoms with Crippen LogP contribution in [0.25, 0.3) is 11.0 Å². The summed E-state index contributed by atoms with van der Waals surface area (Å²) in [5, 5.41) is 5.90. The van der Waals surface area contributed by atoms with Crippen molar-refractivity contribution in [2.45, 2.75) is 6.42 Å². The number of rotatable bonds is 3. The number of carbonyl (C=O) groups is 1. The summed E-state index contributed by atoms with van der Waals surface area (Å²) in [7, 11) is -3.51. The summed E-state index contributed by atoms with van der Waals surface area (Å²) in [6, 6.07) is 7.22. The highest BCUT2D eigenvalue weighted by Crippen LogP contribution is 2.26. The molecule has 1 atom stereocenters. The number of hydrogen-bond donors (Lipinski definition) is 1. The number of likely N-dealkylation sites (tertiary alicyclic amines) is 1. The van der Waals surface area contributed by atoms with E-state index in [0.29, 0.717) is 25.1 Å². The molecular formula is C14H15BrN2O4S. The molecule has 2 heterocycles. The zero-order chi connectivity index (χ0) is 15.9. The first-order chi connectivity index (χ1) is 10.3. The molecular weight excluding hydrogens is 372 g/mol. The minimum Gasteiger partial charge on any atom is -0.451 e. The summed E-state index contributed by atoms with van der Waals surface area (Å²) < 4.78 is 28.8. The topological polar surface area (TPSA) is 93.6 Å². The molecule has 8 heteroatoms. The Morgan fingerprint density at radius 1 is 1.41 bits per heavy atom. The molecule has 3 rings (SSSR count). The third-order valence-electron chi connectivity index (χ3n) is 3.73. The molecule has 1 amide bonds. The van der Waals surface area contributed by atoms with E-state index >= 15 is 0 Å². The van der Waals surface area contributed by atoms with Gasteiger partial charge in [-0.25, -0.2) is 13.6 Å². The van der Waals surface area contributed by atoms with Crippen molar-refractivity contribution in [2.75, 3.05) is 18.8 Å². The van der Waals surface area contributed by atoms with E-state index in [-0.39, 0.29) is 23.3 Å². The summed E-state index contributed by atoms with van der Waals surface area (Å²) >= 11 is 3.37. The molecule has 22 heavy (non-hydrogen) atoms. The summed E-state index contributed by atoms with van der Waals surface area (Å²) in [6.45, 7) is 0.899. The largest absolute Gasteiger partial charge is 0.451 e. The van der Waals surface area contributed by atoms with Crippen LogP contribution in [-0.2, 0) is 10.0 Å². The molecule has 118 valence electrons. The summed E-state index contributed by atoms with van der Waals surface area (Å²) in [4.78, 5) is 14.1. The molecule has 1 aliphatic rings. The van der Waals surface area contributed by atoms with Gasteiger partial charge in [0.2, 0.25) is 10.0 Å². The number of amides is 1. The van der Waals surface area contributed by atoms with Crippen LogP contribution in [0.3, 0.4) is 0 Å². The van der Waals surface area contributed by atoms with Crippen LogP contribution in [0, 0.1) is 5.92 Å². The number of sulfonamides is 1. The van der Waals surface area contributed by atoms with Crippen molar-refractivity contribution < 1.29 is 17.6 Å². The number of primary sulfonamides is 1. The average Bonchev–Trinajstić information content (AvgIpc) is 3.02. The van der Waals surface area contributed by atoms with Crippen molar-refractivity contribution in [3.05, 3.63) is 34.5 Å². The normalized spacial score (nSPS) is 19.0. The molecule has 1 unspecified atom stereocenters. The maximum atomic E-state index is 12.5. The standard InChI is InChI=1S/C14H15BrN2O4S/c15-11-1-2-12-10(5-11)6-13(21-12)14(18)17-4-3-9(7-17)8-22(16,19)20/h1-2,5-6,9H,3-4,7-8H2,(H2,16,19,20). The van der Waals surface area contributed by atoms with Crippen LogP contribution in [0.2, 0.25) is 0 Å². The lowest BCUT2D eigenvalue weighted by molar-refractivity contribution is 0.0759. The quantitative estimate of drug-likeness (QED) is 0.871. The second kappa shape index (κ2) is 5.68. The number of halogens is 1. The number of nitrogens with zero attached hydrogens (tertiary/aromatic N) is 1. The third kappa shape index (κ3) is 3.34. The van der Waals surface area contributed by atoms with Crippen molar-refractivity contribution in [1.82, 2.24) is 4.90 Å². The lowest BCUT2D eigenvalue weighted by Gasteiger charge is -2.14. The van der Waals surface area contributed by atoms with E-state index in [2.05, 4.69) is 15.9 Å².